The average molecular weight is 782 g/mol. The number of guanidine groups is 1. The number of hydrogen-bond acceptors (Lipinski definition) is 11. The quantitative estimate of drug-likeness (QED) is 0.133. The van der Waals surface area contributed by atoms with E-state index in [1.807, 2.05) is 26.1 Å². The first-order valence-corrected chi connectivity index (χ1v) is 19.4. The predicted octanol–water partition coefficient (Wildman–Crippen LogP) is 5.44. The molecule has 4 aliphatic rings. The van der Waals surface area contributed by atoms with E-state index in [9.17, 15) is 23.2 Å². The van der Waals surface area contributed by atoms with Crippen molar-refractivity contribution in [3.05, 3.63) is 77.1 Å². The molecule has 57 heavy (non-hydrogen) atoms. The van der Waals surface area contributed by atoms with Crippen LogP contribution in [0, 0.1) is 24.5 Å². The van der Waals surface area contributed by atoms with E-state index in [1.165, 1.54) is 0 Å². The standard InChI is InChI=1S/C41H45F2N9O5/c1-22-5-4-12-56-40-30(20-46-51(40)3)34-14-24(13-23(2)47-34)38(54)50-41-48-33-8-6-25(17-35(33)52(41)21-22)44-10-11-45-26-15-27(16-26)57-28-18-31(42)37(32(43)19-28)29-7-9-36(53)49-39(29)55/h6,8,13-14,17-20,22,26-27,29,44-45H,4-5,7,9-12,15-16,21H2,1-3H3,(H,48,50,54)(H,49,53,55)/t22-,26-,27-,29-/m1/s1. The smallest absolute Gasteiger partial charge is 0.280 e. The van der Waals surface area contributed by atoms with Gasteiger partial charge in [0.15, 0.2) is 0 Å². The second kappa shape index (κ2) is 15.9. The fourth-order valence-electron chi connectivity index (χ4n) is 7.85. The van der Waals surface area contributed by atoms with E-state index in [-0.39, 0.29) is 48.1 Å². The van der Waals surface area contributed by atoms with Gasteiger partial charge >= 0.3 is 0 Å². The summed E-state index contributed by atoms with van der Waals surface area (Å²) in [5.41, 5.74) is 4.80. The van der Waals surface area contributed by atoms with Gasteiger partial charge in [-0.15, -0.1) is 0 Å². The molecule has 3 amide bonds. The topological polar surface area (TPSA) is 164 Å². The average Bonchev–Trinajstić information content (AvgIpc) is 3.68. The number of fused-ring (bicyclic) bond motifs is 7. The molecule has 2 fully saturated rings. The lowest BCUT2D eigenvalue weighted by atomic mass is 9.88. The minimum atomic E-state index is -1.05. The summed E-state index contributed by atoms with van der Waals surface area (Å²) in [4.78, 5) is 48.7. The lowest BCUT2D eigenvalue weighted by molar-refractivity contribution is -0.134. The zero-order chi connectivity index (χ0) is 39.8. The highest BCUT2D eigenvalue weighted by Gasteiger charge is 2.35. The highest BCUT2D eigenvalue weighted by atomic mass is 19.1. The first kappa shape index (κ1) is 38.0. The van der Waals surface area contributed by atoms with Gasteiger partial charge in [0.05, 0.1) is 41.4 Å². The molecule has 2 aromatic heterocycles. The van der Waals surface area contributed by atoms with Crippen molar-refractivity contribution in [3.8, 4) is 22.9 Å². The second-order valence-corrected chi connectivity index (χ2v) is 15.3. The Hall–Kier alpha value is -5.90. The van der Waals surface area contributed by atoms with Crippen LogP contribution in [0.1, 0.15) is 73.0 Å². The van der Waals surface area contributed by atoms with Gasteiger partial charge in [-0.25, -0.2) is 13.5 Å². The Morgan fingerprint density at radius 2 is 1.82 bits per heavy atom. The third-order valence-corrected chi connectivity index (χ3v) is 10.9. The summed E-state index contributed by atoms with van der Waals surface area (Å²) >= 11 is 0. The van der Waals surface area contributed by atoms with Gasteiger partial charge in [-0.05, 0) is 75.3 Å². The molecular weight excluding hydrogens is 737 g/mol. The molecule has 2 bridgehead atoms. The fourth-order valence-corrected chi connectivity index (χ4v) is 7.85. The molecule has 16 heteroatoms. The SMILES string of the molecule is Cc1cc2cc(n1)-c1cnn(C)c1OCCC[C@@H](C)CN1/C(=N/C2=O)Nc2ccc(NCCN[C@H]3C[C@H](Oc4cc(F)c([C@H]5CCC(=O)NC5=O)c(F)c4)C3)cc21. The number of nitrogens with zero attached hydrogens (tertiary/aromatic N) is 5. The van der Waals surface area contributed by atoms with Crippen LogP contribution in [0.25, 0.3) is 11.3 Å². The zero-order valence-corrected chi connectivity index (χ0v) is 32.0. The van der Waals surface area contributed by atoms with E-state index in [4.69, 9.17) is 9.47 Å². The van der Waals surface area contributed by atoms with Crippen LogP contribution in [-0.4, -0.2) is 76.8 Å². The van der Waals surface area contributed by atoms with E-state index >= 15 is 0 Å². The Labute approximate surface area is 328 Å². The van der Waals surface area contributed by atoms with Crippen LogP contribution in [-0.2, 0) is 16.6 Å². The van der Waals surface area contributed by atoms with Gasteiger partial charge in [0.1, 0.15) is 23.5 Å². The van der Waals surface area contributed by atoms with Crippen LogP contribution in [0.4, 0.5) is 25.8 Å². The largest absolute Gasteiger partial charge is 0.490 e. The molecule has 298 valence electrons. The molecule has 1 saturated heterocycles. The minimum Gasteiger partial charge on any atom is -0.490 e. The van der Waals surface area contributed by atoms with Crippen LogP contribution in [0.15, 0.2) is 53.7 Å². The maximum atomic E-state index is 14.9. The summed E-state index contributed by atoms with van der Waals surface area (Å²) in [6.45, 7) is 6.50. The van der Waals surface area contributed by atoms with Crippen molar-refractivity contribution in [3.63, 3.8) is 0 Å². The number of pyridine rings is 1. The number of piperidine rings is 1. The van der Waals surface area contributed by atoms with Crippen molar-refractivity contribution >= 4 is 40.7 Å². The van der Waals surface area contributed by atoms with Gasteiger partial charge < -0.3 is 30.3 Å². The molecule has 3 aliphatic heterocycles. The molecule has 4 aromatic rings. The summed E-state index contributed by atoms with van der Waals surface area (Å²) in [7, 11) is 1.83. The number of imide groups is 1. The maximum absolute atomic E-state index is 14.9. The van der Waals surface area contributed by atoms with Crippen LogP contribution >= 0.6 is 0 Å². The number of aliphatic imine (C=N–C) groups is 1. The third-order valence-electron chi connectivity index (χ3n) is 10.9. The van der Waals surface area contributed by atoms with Crippen molar-refractivity contribution in [1.29, 1.82) is 0 Å². The van der Waals surface area contributed by atoms with Gasteiger partial charge in [0.25, 0.3) is 5.91 Å². The number of carbonyl (C=O) groups is 3. The first-order chi connectivity index (χ1) is 27.5. The molecule has 8 rings (SSSR count). The van der Waals surface area contributed by atoms with Gasteiger partial charge in [0, 0.05) is 73.8 Å². The summed E-state index contributed by atoms with van der Waals surface area (Å²) in [6.07, 6.45) is 4.67. The highest BCUT2D eigenvalue weighted by molar-refractivity contribution is 6.19. The Morgan fingerprint density at radius 1 is 1.02 bits per heavy atom. The van der Waals surface area contributed by atoms with Gasteiger partial charge in [-0.3, -0.25) is 24.7 Å². The number of anilines is 3. The number of aromatic nitrogens is 3. The van der Waals surface area contributed by atoms with Gasteiger partial charge in [0.2, 0.25) is 23.7 Å². The summed E-state index contributed by atoms with van der Waals surface area (Å²) in [5, 5.41) is 16.9. The van der Waals surface area contributed by atoms with E-state index in [2.05, 4.69) is 54.2 Å². The molecular formula is C41H45F2N9O5. The van der Waals surface area contributed by atoms with E-state index < -0.39 is 29.4 Å². The number of halogens is 2. The van der Waals surface area contributed by atoms with Crippen molar-refractivity contribution in [2.45, 2.75) is 70.4 Å². The molecule has 0 unspecified atom stereocenters. The lowest BCUT2D eigenvalue weighted by Gasteiger charge is -2.36. The Bertz CT molecular complexity index is 2230. The molecule has 1 saturated carbocycles. The Morgan fingerprint density at radius 3 is 2.61 bits per heavy atom. The molecule has 1 aliphatic carbocycles. The van der Waals surface area contributed by atoms with Gasteiger partial charge in [-0.1, -0.05) is 6.92 Å². The third kappa shape index (κ3) is 8.17. The number of aryl methyl sites for hydroxylation is 2. The number of nitrogens with one attached hydrogen (secondary N) is 4. The summed E-state index contributed by atoms with van der Waals surface area (Å²) in [5.74, 6) is -2.88. The van der Waals surface area contributed by atoms with Crippen molar-refractivity contribution in [2.75, 3.05) is 41.8 Å². The monoisotopic (exact) mass is 781 g/mol. The Balaban J connectivity index is 0.871. The first-order valence-electron chi connectivity index (χ1n) is 19.4. The number of rotatable bonds is 8. The Kier molecular flexibility index (Phi) is 10.6. The molecule has 0 radical (unpaired) electrons. The fraction of sp³-hybridized carbons (Fsp3) is 0.415. The van der Waals surface area contributed by atoms with Crippen molar-refractivity contribution < 1.29 is 32.6 Å². The van der Waals surface area contributed by atoms with Crippen LogP contribution in [0.5, 0.6) is 11.6 Å². The molecule has 2 aromatic carbocycles. The minimum absolute atomic E-state index is 0.0301. The molecule has 4 N–H and O–H groups in total. The number of amides is 3. The predicted molar refractivity (Wildman–Crippen MR) is 210 cm³/mol. The number of benzene rings is 2. The van der Waals surface area contributed by atoms with Crippen molar-refractivity contribution in [2.24, 2.45) is 18.0 Å². The number of ether oxygens (including phenoxy) is 2. The molecule has 5 heterocycles. The summed E-state index contributed by atoms with van der Waals surface area (Å²) < 4.78 is 43.6. The van der Waals surface area contributed by atoms with Gasteiger partial charge in [-0.2, -0.15) is 10.1 Å². The number of carbonyl (C=O) groups excluding carboxylic acids is 3. The van der Waals surface area contributed by atoms with E-state index in [0.29, 0.717) is 67.9 Å². The van der Waals surface area contributed by atoms with Crippen LogP contribution < -0.4 is 35.6 Å². The normalized spacial score (nSPS) is 22.9. The van der Waals surface area contributed by atoms with E-state index in [0.717, 1.165) is 47.6 Å². The maximum Gasteiger partial charge on any atom is 0.280 e. The summed E-state index contributed by atoms with van der Waals surface area (Å²) in [6, 6.07) is 11.9. The second-order valence-electron chi connectivity index (χ2n) is 15.3. The van der Waals surface area contributed by atoms with Crippen LogP contribution in [0.3, 0.4) is 0 Å². The molecule has 14 nitrogen and oxygen atoms in total. The molecule has 0 spiro atoms. The van der Waals surface area contributed by atoms with Crippen molar-refractivity contribution in [1.82, 2.24) is 25.4 Å². The lowest BCUT2D eigenvalue weighted by Crippen LogP contribution is -2.48. The van der Waals surface area contributed by atoms with E-state index in [1.54, 1.807) is 23.0 Å². The number of hydrogen-bond donors (Lipinski definition) is 4. The zero-order valence-electron chi connectivity index (χ0n) is 32.0. The highest BCUT2D eigenvalue weighted by Crippen LogP contribution is 2.37. The van der Waals surface area contributed by atoms with Crippen LogP contribution in [0.2, 0.25) is 0 Å². The molecule has 2 atom stereocenters.